The van der Waals surface area contributed by atoms with Crippen molar-refractivity contribution in [2.24, 2.45) is 17.1 Å². The van der Waals surface area contributed by atoms with Crippen molar-refractivity contribution in [3.8, 4) is 5.75 Å². The number of amides is 1. The number of carbonyl (C=O) groups excluding carboxylic acids is 1. The van der Waals surface area contributed by atoms with Crippen molar-refractivity contribution in [2.75, 3.05) is 26.3 Å². The van der Waals surface area contributed by atoms with Crippen LogP contribution in [0.3, 0.4) is 0 Å². The molecule has 138 valence electrons. The molecule has 1 aliphatic carbocycles. The molecule has 1 saturated heterocycles. The Bertz CT molecular complexity index is 621. The van der Waals surface area contributed by atoms with Crippen molar-refractivity contribution in [1.29, 1.82) is 0 Å². The number of hydrogen-bond acceptors (Lipinski definition) is 4. The minimum Gasteiger partial charge on any atom is -0.483 e. The standard InChI is InChI=1S/C19H27ClN2O3/c20-16-4-5-17(25-11-18(21)24)15(8-16)10-22-7-1-6-19(12-22,13-23)9-14-2-3-14/h4-5,8,14,23H,1-3,6-7,9-13H2,(H2,21,24)/t19-/m0/s1. The minimum absolute atomic E-state index is 0.0201. The number of likely N-dealkylation sites (tertiary alicyclic amines) is 1. The van der Waals surface area contributed by atoms with E-state index in [1.807, 2.05) is 6.07 Å². The van der Waals surface area contributed by atoms with E-state index in [0.29, 0.717) is 17.3 Å². The van der Waals surface area contributed by atoms with Gasteiger partial charge in [0.05, 0.1) is 0 Å². The third-order valence-corrected chi connectivity index (χ3v) is 5.52. The van der Waals surface area contributed by atoms with Gasteiger partial charge in [-0.1, -0.05) is 24.4 Å². The topological polar surface area (TPSA) is 75.8 Å². The second kappa shape index (κ2) is 7.94. The highest BCUT2D eigenvalue weighted by Crippen LogP contribution is 2.44. The van der Waals surface area contributed by atoms with Crippen LogP contribution in [0, 0.1) is 11.3 Å². The van der Waals surface area contributed by atoms with Gasteiger partial charge in [-0.3, -0.25) is 9.69 Å². The molecular weight excluding hydrogens is 340 g/mol. The Morgan fingerprint density at radius 2 is 2.24 bits per heavy atom. The molecule has 5 nitrogen and oxygen atoms in total. The molecule has 0 spiro atoms. The molecule has 1 amide bonds. The second-order valence-corrected chi connectivity index (χ2v) is 8.06. The monoisotopic (exact) mass is 366 g/mol. The Hall–Kier alpha value is -1.30. The van der Waals surface area contributed by atoms with Crippen LogP contribution < -0.4 is 10.5 Å². The van der Waals surface area contributed by atoms with Gasteiger partial charge in [0.25, 0.3) is 5.91 Å². The van der Waals surface area contributed by atoms with Crippen LogP contribution in [-0.2, 0) is 11.3 Å². The van der Waals surface area contributed by atoms with Gasteiger partial charge < -0.3 is 15.6 Å². The third kappa shape index (κ3) is 5.09. The number of nitrogens with zero attached hydrogens (tertiary/aromatic N) is 1. The molecule has 1 aromatic carbocycles. The van der Waals surface area contributed by atoms with Crippen LogP contribution in [0.2, 0.25) is 5.02 Å². The summed E-state index contributed by atoms with van der Waals surface area (Å²) in [5.41, 5.74) is 6.15. The summed E-state index contributed by atoms with van der Waals surface area (Å²) >= 11 is 6.15. The molecule has 25 heavy (non-hydrogen) atoms. The fourth-order valence-corrected chi connectivity index (χ4v) is 4.14. The zero-order valence-corrected chi connectivity index (χ0v) is 15.3. The van der Waals surface area contributed by atoms with Gasteiger partial charge in [0.15, 0.2) is 6.61 Å². The van der Waals surface area contributed by atoms with Crippen LogP contribution >= 0.6 is 11.6 Å². The van der Waals surface area contributed by atoms with Gasteiger partial charge in [0, 0.05) is 35.7 Å². The highest BCUT2D eigenvalue weighted by Gasteiger charge is 2.39. The molecule has 2 fully saturated rings. The number of hydrogen-bond donors (Lipinski definition) is 2. The van der Waals surface area contributed by atoms with Gasteiger partial charge in [0.1, 0.15) is 5.75 Å². The summed E-state index contributed by atoms with van der Waals surface area (Å²) in [6.45, 7) is 2.69. The van der Waals surface area contributed by atoms with E-state index in [0.717, 1.165) is 43.8 Å². The Morgan fingerprint density at radius 3 is 2.92 bits per heavy atom. The number of piperidine rings is 1. The van der Waals surface area contributed by atoms with Crippen molar-refractivity contribution in [3.63, 3.8) is 0 Å². The van der Waals surface area contributed by atoms with Gasteiger partial charge in [-0.05, 0) is 49.9 Å². The number of aliphatic hydroxyl groups excluding tert-OH is 1. The van der Waals surface area contributed by atoms with Gasteiger partial charge >= 0.3 is 0 Å². The summed E-state index contributed by atoms with van der Waals surface area (Å²) < 4.78 is 5.54. The lowest BCUT2D eigenvalue weighted by atomic mass is 9.76. The maximum Gasteiger partial charge on any atom is 0.255 e. The maximum absolute atomic E-state index is 11.0. The summed E-state index contributed by atoms with van der Waals surface area (Å²) in [5, 5.41) is 10.7. The van der Waals surface area contributed by atoms with E-state index in [2.05, 4.69) is 4.90 Å². The lowest BCUT2D eigenvalue weighted by Gasteiger charge is -2.42. The van der Waals surface area contributed by atoms with E-state index in [-0.39, 0.29) is 18.6 Å². The normalized spacial score (nSPS) is 24.2. The first kappa shape index (κ1) is 18.5. The molecule has 6 heteroatoms. The van der Waals surface area contributed by atoms with Crippen LogP contribution in [0.4, 0.5) is 0 Å². The van der Waals surface area contributed by atoms with E-state index in [9.17, 15) is 9.90 Å². The largest absolute Gasteiger partial charge is 0.483 e. The highest BCUT2D eigenvalue weighted by atomic mass is 35.5. The summed E-state index contributed by atoms with van der Waals surface area (Å²) in [5.74, 6) is 0.945. The van der Waals surface area contributed by atoms with Crippen LogP contribution in [0.1, 0.15) is 37.7 Å². The molecule has 1 aliphatic heterocycles. The Morgan fingerprint density at radius 1 is 1.44 bits per heavy atom. The van der Waals surface area contributed by atoms with Crippen LogP contribution in [-0.4, -0.2) is 42.2 Å². The molecule has 1 aromatic rings. The van der Waals surface area contributed by atoms with E-state index in [4.69, 9.17) is 22.1 Å². The van der Waals surface area contributed by atoms with Crippen molar-refractivity contribution < 1.29 is 14.6 Å². The fraction of sp³-hybridized carbons (Fsp3) is 0.632. The Balaban J connectivity index is 1.70. The summed E-state index contributed by atoms with van der Waals surface area (Å²) in [7, 11) is 0. The van der Waals surface area contributed by atoms with E-state index < -0.39 is 5.91 Å². The SMILES string of the molecule is NC(=O)COc1ccc(Cl)cc1CN1CCC[C@](CO)(CC2CC2)C1. The number of ether oxygens (including phenoxy) is 1. The molecule has 1 atom stereocenters. The predicted molar refractivity (Wildman–Crippen MR) is 97.5 cm³/mol. The van der Waals surface area contributed by atoms with Crippen molar-refractivity contribution in [1.82, 2.24) is 4.90 Å². The zero-order chi connectivity index (χ0) is 17.9. The summed E-state index contributed by atoms with van der Waals surface area (Å²) in [6, 6.07) is 5.42. The Kier molecular flexibility index (Phi) is 5.87. The van der Waals surface area contributed by atoms with Crippen LogP contribution in [0.15, 0.2) is 18.2 Å². The smallest absolute Gasteiger partial charge is 0.255 e. The second-order valence-electron chi connectivity index (χ2n) is 7.63. The van der Waals surface area contributed by atoms with Gasteiger partial charge in [-0.25, -0.2) is 0 Å². The number of halogens is 1. The van der Waals surface area contributed by atoms with Gasteiger partial charge in [-0.15, -0.1) is 0 Å². The number of nitrogens with two attached hydrogens (primary N) is 1. The van der Waals surface area contributed by atoms with Crippen LogP contribution in [0.5, 0.6) is 5.75 Å². The molecule has 0 radical (unpaired) electrons. The minimum atomic E-state index is -0.498. The Labute approximate surface area is 154 Å². The van der Waals surface area contributed by atoms with Gasteiger partial charge in [-0.2, -0.15) is 0 Å². The fourth-order valence-electron chi connectivity index (χ4n) is 3.94. The lowest BCUT2D eigenvalue weighted by Crippen LogP contribution is -2.45. The number of aliphatic hydroxyl groups is 1. The third-order valence-electron chi connectivity index (χ3n) is 5.28. The molecule has 0 unspecified atom stereocenters. The zero-order valence-electron chi connectivity index (χ0n) is 14.5. The molecule has 2 aliphatic rings. The molecule has 1 saturated carbocycles. The number of benzene rings is 1. The average Bonchev–Trinajstić information content (AvgIpc) is 3.38. The number of carbonyl (C=O) groups is 1. The molecular formula is C19H27ClN2O3. The first-order chi connectivity index (χ1) is 12.0. The molecule has 0 bridgehead atoms. The van der Waals surface area contributed by atoms with Crippen LogP contribution in [0.25, 0.3) is 0 Å². The number of primary amides is 1. The molecule has 1 heterocycles. The van der Waals surface area contributed by atoms with Gasteiger partial charge in [0.2, 0.25) is 0 Å². The van der Waals surface area contributed by atoms with E-state index in [1.165, 1.54) is 12.8 Å². The molecule has 0 aromatic heterocycles. The average molecular weight is 367 g/mol. The quantitative estimate of drug-likeness (QED) is 0.741. The van der Waals surface area contributed by atoms with E-state index >= 15 is 0 Å². The summed E-state index contributed by atoms with van der Waals surface area (Å²) in [6.07, 6.45) is 5.92. The van der Waals surface area contributed by atoms with E-state index in [1.54, 1.807) is 12.1 Å². The first-order valence-corrected chi connectivity index (χ1v) is 9.40. The highest BCUT2D eigenvalue weighted by molar-refractivity contribution is 6.30. The molecule has 3 N–H and O–H groups in total. The predicted octanol–water partition coefficient (Wildman–Crippen LogP) is 2.58. The van der Waals surface area contributed by atoms with Crippen molar-refractivity contribution in [3.05, 3.63) is 28.8 Å². The maximum atomic E-state index is 11.0. The lowest BCUT2D eigenvalue weighted by molar-refractivity contribution is -0.119. The number of rotatable bonds is 8. The van der Waals surface area contributed by atoms with Crippen molar-refractivity contribution >= 4 is 17.5 Å². The summed E-state index contributed by atoms with van der Waals surface area (Å²) in [4.78, 5) is 13.4. The van der Waals surface area contributed by atoms with Crippen molar-refractivity contribution in [2.45, 2.75) is 38.6 Å². The first-order valence-electron chi connectivity index (χ1n) is 9.02. The molecule has 3 rings (SSSR count).